The first-order valence-corrected chi connectivity index (χ1v) is 9.00. The van der Waals surface area contributed by atoms with Crippen LogP contribution in [-0.2, 0) is 19.5 Å². The zero-order chi connectivity index (χ0) is 16.0. The fourth-order valence-electron chi connectivity index (χ4n) is 2.73. The van der Waals surface area contributed by atoms with E-state index in [2.05, 4.69) is 0 Å². The highest BCUT2D eigenvalue weighted by Gasteiger charge is 2.43. The van der Waals surface area contributed by atoms with E-state index in [-0.39, 0.29) is 28.0 Å². The number of piperidine rings is 1. The molecule has 2 saturated heterocycles. The molecular weight excluding hydrogens is 353 g/mol. The van der Waals surface area contributed by atoms with Gasteiger partial charge in [0.15, 0.2) is 11.5 Å². The van der Waals surface area contributed by atoms with Crippen molar-refractivity contribution in [3.63, 3.8) is 0 Å². The smallest absolute Gasteiger partial charge is 0.246 e. The molecule has 0 atom stereocenters. The standard InChI is InChI=1S/C13H15Cl2NO5S/c14-9-7-10(15)12(17)11(8-9)22(18,19)16-3-1-13(2-4-16)20-5-6-21-13/h7-8,17H,1-6H2. The van der Waals surface area contributed by atoms with E-state index in [4.69, 9.17) is 32.7 Å². The van der Waals surface area contributed by atoms with Crippen LogP contribution in [0.5, 0.6) is 5.75 Å². The predicted molar refractivity (Wildman–Crippen MR) is 80.8 cm³/mol. The second-order valence-electron chi connectivity index (χ2n) is 5.25. The number of ether oxygens (including phenoxy) is 2. The summed E-state index contributed by atoms with van der Waals surface area (Å²) < 4.78 is 37.8. The number of aromatic hydroxyl groups is 1. The highest BCUT2D eigenvalue weighted by atomic mass is 35.5. The van der Waals surface area contributed by atoms with Crippen molar-refractivity contribution in [1.29, 1.82) is 0 Å². The maximum atomic E-state index is 12.7. The molecule has 0 unspecified atom stereocenters. The number of benzene rings is 1. The number of nitrogens with zero attached hydrogens (tertiary/aromatic N) is 1. The van der Waals surface area contributed by atoms with Gasteiger partial charge in [0, 0.05) is 31.0 Å². The first-order chi connectivity index (χ1) is 10.3. The van der Waals surface area contributed by atoms with Gasteiger partial charge in [0.1, 0.15) is 4.90 Å². The largest absolute Gasteiger partial charge is 0.505 e. The maximum absolute atomic E-state index is 12.7. The molecule has 22 heavy (non-hydrogen) atoms. The van der Waals surface area contributed by atoms with E-state index in [1.54, 1.807) is 0 Å². The molecule has 6 nitrogen and oxygen atoms in total. The lowest BCUT2D eigenvalue weighted by atomic mass is 10.1. The molecule has 0 bridgehead atoms. The maximum Gasteiger partial charge on any atom is 0.246 e. The number of sulfonamides is 1. The van der Waals surface area contributed by atoms with E-state index in [9.17, 15) is 13.5 Å². The third kappa shape index (κ3) is 2.81. The van der Waals surface area contributed by atoms with Crippen molar-refractivity contribution in [2.75, 3.05) is 26.3 Å². The molecule has 2 heterocycles. The molecule has 0 radical (unpaired) electrons. The molecule has 0 aromatic heterocycles. The number of phenolic OH excluding ortho intramolecular Hbond substituents is 1. The third-order valence-corrected chi connectivity index (χ3v) is 6.33. The van der Waals surface area contributed by atoms with E-state index in [0.29, 0.717) is 26.1 Å². The summed E-state index contributed by atoms with van der Waals surface area (Å²) >= 11 is 11.7. The summed E-state index contributed by atoms with van der Waals surface area (Å²) in [7, 11) is -3.88. The summed E-state index contributed by atoms with van der Waals surface area (Å²) in [4.78, 5) is -0.283. The second kappa shape index (κ2) is 5.81. The Balaban J connectivity index is 1.85. The minimum absolute atomic E-state index is 0.0954. The van der Waals surface area contributed by atoms with Crippen LogP contribution in [0.1, 0.15) is 12.8 Å². The number of phenols is 1. The molecule has 1 aromatic rings. The number of hydrogen-bond donors (Lipinski definition) is 1. The van der Waals surface area contributed by atoms with Crippen LogP contribution in [0.2, 0.25) is 10.0 Å². The van der Waals surface area contributed by atoms with E-state index >= 15 is 0 Å². The lowest BCUT2D eigenvalue weighted by molar-refractivity contribution is -0.179. The van der Waals surface area contributed by atoms with Gasteiger partial charge in [0.05, 0.1) is 18.2 Å². The number of halogens is 2. The lowest BCUT2D eigenvalue weighted by Crippen LogP contribution is -2.47. The van der Waals surface area contributed by atoms with E-state index in [0.717, 1.165) is 0 Å². The number of rotatable bonds is 2. The number of hydrogen-bond acceptors (Lipinski definition) is 5. The predicted octanol–water partition coefficient (Wildman–Crippen LogP) is 2.23. The second-order valence-corrected chi connectivity index (χ2v) is 8.00. The molecule has 2 aliphatic heterocycles. The monoisotopic (exact) mass is 367 g/mol. The average Bonchev–Trinajstić information content (AvgIpc) is 2.91. The van der Waals surface area contributed by atoms with Crippen LogP contribution in [0.25, 0.3) is 0 Å². The Labute approximate surface area is 138 Å². The average molecular weight is 368 g/mol. The fraction of sp³-hybridized carbons (Fsp3) is 0.538. The van der Waals surface area contributed by atoms with E-state index in [1.807, 2.05) is 0 Å². The first kappa shape index (κ1) is 16.3. The van der Waals surface area contributed by atoms with Crippen molar-refractivity contribution in [2.24, 2.45) is 0 Å². The normalized spacial score (nSPS) is 22.3. The molecule has 122 valence electrons. The molecule has 9 heteroatoms. The zero-order valence-corrected chi connectivity index (χ0v) is 13.9. The van der Waals surface area contributed by atoms with Crippen LogP contribution in [0.3, 0.4) is 0 Å². The Hall–Kier alpha value is -0.570. The van der Waals surface area contributed by atoms with Gasteiger partial charge in [-0.15, -0.1) is 0 Å². The van der Waals surface area contributed by atoms with Gasteiger partial charge in [-0.25, -0.2) is 8.42 Å². The van der Waals surface area contributed by atoms with Crippen LogP contribution >= 0.6 is 23.2 Å². The Morgan fingerprint density at radius 3 is 2.32 bits per heavy atom. The summed E-state index contributed by atoms with van der Waals surface area (Å²) in [5, 5.41) is 10.0. The molecule has 1 N–H and O–H groups in total. The van der Waals surface area contributed by atoms with Crippen molar-refractivity contribution in [3.05, 3.63) is 22.2 Å². The summed E-state index contributed by atoms with van der Waals surface area (Å²) in [6, 6.07) is 2.49. The van der Waals surface area contributed by atoms with Crippen molar-refractivity contribution < 1.29 is 23.0 Å². The van der Waals surface area contributed by atoms with Gasteiger partial charge >= 0.3 is 0 Å². The Kier molecular flexibility index (Phi) is 4.30. The van der Waals surface area contributed by atoms with Crippen LogP contribution in [0, 0.1) is 0 Å². The molecule has 2 fully saturated rings. The van der Waals surface area contributed by atoms with Gasteiger partial charge in [0.2, 0.25) is 10.0 Å². The molecule has 0 amide bonds. The molecule has 0 aliphatic carbocycles. The van der Waals surface area contributed by atoms with Crippen molar-refractivity contribution in [3.8, 4) is 5.75 Å². The van der Waals surface area contributed by atoms with Crippen LogP contribution in [-0.4, -0.2) is 49.9 Å². The SMILES string of the molecule is O=S(=O)(c1cc(Cl)cc(Cl)c1O)N1CCC2(CC1)OCCO2. The highest BCUT2D eigenvalue weighted by molar-refractivity contribution is 7.89. The van der Waals surface area contributed by atoms with E-state index < -0.39 is 21.6 Å². The van der Waals surface area contributed by atoms with Crippen LogP contribution in [0.15, 0.2) is 17.0 Å². The minimum atomic E-state index is -3.88. The van der Waals surface area contributed by atoms with Gasteiger partial charge in [-0.3, -0.25) is 0 Å². The van der Waals surface area contributed by atoms with Gasteiger partial charge in [0.25, 0.3) is 0 Å². The van der Waals surface area contributed by atoms with Gasteiger partial charge in [-0.2, -0.15) is 4.31 Å². The summed E-state index contributed by atoms with van der Waals surface area (Å²) in [5.41, 5.74) is 0. The molecule has 1 spiro atoms. The quantitative estimate of drug-likeness (QED) is 0.867. The first-order valence-electron chi connectivity index (χ1n) is 6.80. The summed E-state index contributed by atoms with van der Waals surface area (Å²) in [6.07, 6.45) is 0.891. The van der Waals surface area contributed by atoms with Crippen molar-refractivity contribution in [2.45, 2.75) is 23.5 Å². The summed E-state index contributed by atoms with van der Waals surface area (Å²) in [5.74, 6) is -1.15. The van der Waals surface area contributed by atoms with E-state index in [1.165, 1.54) is 16.4 Å². The fourth-order valence-corrected chi connectivity index (χ4v) is 4.92. The Morgan fingerprint density at radius 1 is 1.14 bits per heavy atom. The van der Waals surface area contributed by atoms with Crippen LogP contribution in [0.4, 0.5) is 0 Å². The van der Waals surface area contributed by atoms with Gasteiger partial charge in [-0.1, -0.05) is 23.2 Å². The molecule has 2 aliphatic rings. The zero-order valence-electron chi connectivity index (χ0n) is 11.6. The lowest BCUT2D eigenvalue weighted by Gasteiger charge is -2.36. The molecule has 3 rings (SSSR count). The van der Waals surface area contributed by atoms with Crippen LogP contribution < -0.4 is 0 Å². The molecule has 1 aromatic carbocycles. The van der Waals surface area contributed by atoms with Crippen molar-refractivity contribution >= 4 is 33.2 Å². The topological polar surface area (TPSA) is 76.1 Å². The Morgan fingerprint density at radius 2 is 1.73 bits per heavy atom. The summed E-state index contributed by atoms with van der Waals surface area (Å²) in [6.45, 7) is 1.53. The minimum Gasteiger partial charge on any atom is -0.505 e. The molecule has 0 saturated carbocycles. The van der Waals surface area contributed by atoms with Gasteiger partial charge < -0.3 is 14.6 Å². The van der Waals surface area contributed by atoms with Gasteiger partial charge in [-0.05, 0) is 12.1 Å². The molecular formula is C13H15Cl2NO5S. The highest BCUT2D eigenvalue weighted by Crippen LogP contribution is 2.38. The Bertz CT molecular complexity index is 678. The third-order valence-electron chi connectivity index (χ3n) is 3.91. The van der Waals surface area contributed by atoms with Crippen molar-refractivity contribution in [1.82, 2.24) is 4.31 Å².